The summed E-state index contributed by atoms with van der Waals surface area (Å²) in [6, 6.07) is 14.2. The molecule has 1 aliphatic rings. The number of anilines is 2. The van der Waals surface area contributed by atoms with Gasteiger partial charge in [-0.2, -0.15) is 0 Å². The highest BCUT2D eigenvalue weighted by molar-refractivity contribution is 6.53. The van der Waals surface area contributed by atoms with Crippen LogP contribution >= 0.6 is 23.2 Å². The molecule has 1 heterocycles. The maximum atomic E-state index is 12.7. The number of hydrogen-bond donors (Lipinski definition) is 1. The van der Waals surface area contributed by atoms with E-state index in [0.717, 1.165) is 24.2 Å². The number of carbonyl (C=O) groups is 2. The Bertz CT molecular complexity index is 858. The third-order valence-corrected chi connectivity index (χ3v) is 4.76. The number of carbonyl (C=O) groups excluding carboxylic acids is 2. The summed E-state index contributed by atoms with van der Waals surface area (Å²) in [4.78, 5) is 26.3. The SMILES string of the molecule is CCCCc1ccc(N2C(=O)C(Cl)=C(Nc3ccc(Cl)cc3)C2=O)cc1. The van der Waals surface area contributed by atoms with E-state index < -0.39 is 11.8 Å². The standard InChI is InChI=1S/C20H18Cl2N2O2/c1-2-3-4-13-5-11-16(12-6-13)24-19(25)17(22)18(20(24)26)23-15-9-7-14(21)8-10-15/h5-12,23H,2-4H2,1H3. The van der Waals surface area contributed by atoms with Gasteiger partial charge in [-0.1, -0.05) is 48.7 Å². The summed E-state index contributed by atoms with van der Waals surface area (Å²) in [7, 11) is 0. The molecule has 2 aromatic carbocycles. The molecular formula is C20H18Cl2N2O2. The van der Waals surface area contributed by atoms with Gasteiger partial charge in [-0.3, -0.25) is 9.59 Å². The molecule has 0 fully saturated rings. The number of amides is 2. The molecule has 2 amide bonds. The van der Waals surface area contributed by atoms with Gasteiger partial charge in [0.05, 0.1) is 5.69 Å². The zero-order chi connectivity index (χ0) is 18.7. The van der Waals surface area contributed by atoms with Crippen LogP contribution in [0, 0.1) is 0 Å². The van der Waals surface area contributed by atoms with Crippen LogP contribution in [0.25, 0.3) is 0 Å². The lowest BCUT2D eigenvalue weighted by Gasteiger charge is -2.15. The molecule has 0 unspecified atom stereocenters. The minimum Gasteiger partial charge on any atom is -0.350 e. The predicted molar refractivity (Wildman–Crippen MR) is 106 cm³/mol. The van der Waals surface area contributed by atoms with E-state index in [-0.39, 0.29) is 10.7 Å². The van der Waals surface area contributed by atoms with Crippen LogP contribution in [0.4, 0.5) is 11.4 Å². The average Bonchev–Trinajstić information content (AvgIpc) is 2.86. The fourth-order valence-electron chi connectivity index (χ4n) is 2.72. The van der Waals surface area contributed by atoms with Crippen LogP contribution in [0.2, 0.25) is 5.02 Å². The van der Waals surface area contributed by atoms with Crippen molar-refractivity contribution >= 4 is 46.4 Å². The number of benzene rings is 2. The molecule has 0 bridgehead atoms. The Morgan fingerprint density at radius 1 is 0.923 bits per heavy atom. The van der Waals surface area contributed by atoms with Gasteiger partial charge in [0.1, 0.15) is 10.7 Å². The van der Waals surface area contributed by atoms with Crippen molar-refractivity contribution in [3.63, 3.8) is 0 Å². The molecule has 0 atom stereocenters. The van der Waals surface area contributed by atoms with Crippen molar-refractivity contribution in [2.24, 2.45) is 0 Å². The first kappa shape index (κ1) is 18.5. The summed E-state index contributed by atoms with van der Waals surface area (Å²) in [5.41, 5.74) is 2.37. The first-order chi connectivity index (χ1) is 12.5. The van der Waals surface area contributed by atoms with E-state index in [1.54, 1.807) is 36.4 Å². The lowest BCUT2D eigenvalue weighted by Crippen LogP contribution is -2.32. The quantitative estimate of drug-likeness (QED) is 0.698. The van der Waals surface area contributed by atoms with Crippen LogP contribution in [0.3, 0.4) is 0 Å². The van der Waals surface area contributed by atoms with Crippen molar-refractivity contribution in [3.05, 3.63) is 69.8 Å². The Hall–Kier alpha value is -2.30. The van der Waals surface area contributed by atoms with Crippen LogP contribution in [0.5, 0.6) is 0 Å². The Kier molecular flexibility index (Phi) is 5.64. The summed E-state index contributed by atoms with van der Waals surface area (Å²) in [6.07, 6.45) is 3.19. The molecule has 0 saturated carbocycles. The molecule has 0 radical (unpaired) electrons. The predicted octanol–water partition coefficient (Wildman–Crippen LogP) is 5.12. The molecule has 1 N–H and O–H groups in total. The zero-order valence-electron chi connectivity index (χ0n) is 14.3. The minimum absolute atomic E-state index is 0.0639. The second kappa shape index (κ2) is 7.94. The molecule has 1 aliphatic heterocycles. The van der Waals surface area contributed by atoms with Gasteiger partial charge in [0.25, 0.3) is 11.8 Å². The second-order valence-corrected chi connectivity index (χ2v) is 6.85. The fraction of sp³-hybridized carbons (Fsp3) is 0.200. The topological polar surface area (TPSA) is 49.4 Å². The number of imide groups is 1. The lowest BCUT2D eigenvalue weighted by molar-refractivity contribution is -0.120. The number of nitrogens with one attached hydrogen (secondary N) is 1. The fourth-order valence-corrected chi connectivity index (χ4v) is 3.05. The second-order valence-electron chi connectivity index (χ2n) is 6.04. The first-order valence-corrected chi connectivity index (χ1v) is 9.17. The molecule has 134 valence electrons. The number of rotatable bonds is 6. The maximum Gasteiger partial charge on any atom is 0.283 e. The van der Waals surface area contributed by atoms with Crippen LogP contribution in [0.1, 0.15) is 25.3 Å². The van der Waals surface area contributed by atoms with E-state index in [2.05, 4.69) is 12.2 Å². The van der Waals surface area contributed by atoms with Gasteiger partial charge in [0.15, 0.2) is 0 Å². The average molecular weight is 389 g/mol. The van der Waals surface area contributed by atoms with Crippen molar-refractivity contribution in [3.8, 4) is 0 Å². The summed E-state index contributed by atoms with van der Waals surface area (Å²) in [5.74, 6) is -1.01. The monoisotopic (exact) mass is 388 g/mol. The normalized spacial score (nSPS) is 14.3. The van der Waals surface area contributed by atoms with Crippen LogP contribution in [-0.2, 0) is 16.0 Å². The Labute approximate surface area is 162 Å². The van der Waals surface area contributed by atoms with Gasteiger partial charge in [0, 0.05) is 10.7 Å². The minimum atomic E-state index is -0.533. The third kappa shape index (κ3) is 3.76. The molecule has 3 rings (SSSR count). The smallest absolute Gasteiger partial charge is 0.283 e. The Balaban J connectivity index is 1.80. The highest BCUT2D eigenvalue weighted by Gasteiger charge is 2.38. The molecule has 0 spiro atoms. The highest BCUT2D eigenvalue weighted by Crippen LogP contribution is 2.30. The van der Waals surface area contributed by atoms with E-state index in [0.29, 0.717) is 16.4 Å². The highest BCUT2D eigenvalue weighted by atomic mass is 35.5. The molecule has 2 aromatic rings. The van der Waals surface area contributed by atoms with E-state index in [9.17, 15) is 9.59 Å². The number of nitrogens with zero attached hydrogens (tertiary/aromatic N) is 1. The number of halogens is 2. The van der Waals surface area contributed by atoms with Crippen molar-refractivity contribution < 1.29 is 9.59 Å². The van der Waals surface area contributed by atoms with E-state index in [4.69, 9.17) is 23.2 Å². The van der Waals surface area contributed by atoms with E-state index >= 15 is 0 Å². The molecule has 4 nitrogen and oxygen atoms in total. The molecule has 26 heavy (non-hydrogen) atoms. The molecule has 6 heteroatoms. The summed E-state index contributed by atoms with van der Waals surface area (Å²) >= 11 is 12.0. The summed E-state index contributed by atoms with van der Waals surface area (Å²) < 4.78 is 0. The van der Waals surface area contributed by atoms with Gasteiger partial charge >= 0.3 is 0 Å². The largest absolute Gasteiger partial charge is 0.350 e. The molecule has 0 aromatic heterocycles. The zero-order valence-corrected chi connectivity index (χ0v) is 15.8. The summed E-state index contributed by atoms with van der Waals surface area (Å²) in [6.45, 7) is 2.14. The van der Waals surface area contributed by atoms with Gasteiger partial charge in [-0.15, -0.1) is 0 Å². The van der Waals surface area contributed by atoms with Crippen LogP contribution in [0.15, 0.2) is 59.3 Å². The Morgan fingerprint density at radius 3 is 2.19 bits per heavy atom. The van der Waals surface area contributed by atoms with Crippen molar-refractivity contribution in [2.75, 3.05) is 10.2 Å². The molecular weight excluding hydrogens is 371 g/mol. The van der Waals surface area contributed by atoms with Gasteiger partial charge in [-0.25, -0.2) is 4.90 Å². The van der Waals surface area contributed by atoms with Crippen LogP contribution < -0.4 is 10.2 Å². The van der Waals surface area contributed by atoms with Crippen molar-refractivity contribution in [1.29, 1.82) is 0 Å². The van der Waals surface area contributed by atoms with E-state index in [1.165, 1.54) is 5.56 Å². The molecule has 0 saturated heterocycles. The van der Waals surface area contributed by atoms with Crippen LogP contribution in [-0.4, -0.2) is 11.8 Å². The number of unbranched alkanes of at least 4 members (excludes halogenated alkanes) is 1. The maximum absolute atomic E-state index is 12.7. The van der Waals surface area contributed by atoms with Crippen molar-refractivity contribution in [1.82, 2.24) is 0 Å². The third-order valence-electron chi connectivity index (χ3n) is 4.15. The van der Waals surface area contributed by atoms with E-state index in [1.807, 2.05) is 12.1 Å². The van der Waals surface area contributed by atoms with Crippen molar-refractivity contribution in [2.45, 2.75) is 26.2 Å². The lowest BCUT2D eigenvalue weighted by atomic mass is 10.1. The number of aryl methyl sites for hydroxylation is 1. The van der Waals surface area contributed by atoms with Gasteiger partial charge < -0.3 is 5.32 Å². The van der Waals surface area contributed by atoms with Gasteiger partial charge in [0.2, 0.25) is 0 Å². The summed E-state index contributed by atoms with van der Waals surface area (Å²) in [5, 5.41) is 3.37. The Morgan fingerprint density at radius 2 is 1.58 bits per heavy atom. The first-order valence-electron chi connectivity index (χ1n) is 8.41. The molecule has 0 aliphatic carbocycles. The van der Waals surface area contributed by atoms with Gasteiger partial charge in [-0.05, 0) is 54.8 Å². The number of hydrogen-bond acceptors (Lipinski definition) is 3.